The maximum atomic E-state index is 13.0. The summed E-state index contributed by atoms with van der Waals surface area (Å²) in [5.41, 5.74) is 6.92. The van der Waals surface area contributed by atoms with Gasteiger partial charge in [0.05, 0.1) is 11.1 Å². The number of ether oxygens (including phenoxy) is 2. The third kappa shape index (κ3) is 6.98. The van der Waals surface area contributed by atoms with Crippen LogP contribution in [0.2, 0.25) is 0 Å². The van der Waals surface area contributed by atoms with Crippen LogP contribution in [0.15, 0.2) is 53.0 Å². The fourth-order valence-electron chi connectivity index (χ4n) is 2.64. The van der Waals surface area contributed by atoms with Crippen molar-refractivity contribution in [2.75, 3.05) is 33.4 Å². The summed E-state index contributed by atoms with van der Waals surface area (Å²) < 4.78 is 11.3. The summed E-state index contributed by atoms with van der Waals surface area (Å²) in [5, 5.41) is 0. The van der Waals surface area contributed by atoms with E-state index in [1.807, 2.05) is 30.3 Å². The second-order valence-corrected chi connectivity index (χ2v) is 7.08. The Morgan fingerprint density at radius 1 is 1.07 bits per heavy atom. The molecule has 28 heavy (non-hydrogen) atoms. The maximum absolute atomic E-state index is 13.0. The van der Waals surface area contributed by atoms with Crippen molar-refractivity contribution in [2.24, 2.45) is 5.73 Å². The molecule has 2 aromatic rings. The normalized spacial score (nSPS) is 10.5. The third-order valence-electron chi connectivity index (χ3n) is 4.15. The predicted octanol–water partition coefficient (Wildman–Crippen LogP) is 3.03. The van der Waals surface area contributed by atoms with Crippen molar-refractivity contribution in [1.29, 1.82) is 0 Å². The Morgan fingerprint density at radius 3 is 2.46 bits per heavy atom. The first-order valence-corrected chi connectivity index (χ1v) is 9.83. The zero-order valence-electron chi connectivity index (χ0n) is 15.9. The highest BCUT2D eigenvalue weighted by Gasteiger charge is 2.18. The number of rotatable bonds is 11. The van der Waals surface area contributed by atoms with Gasteiger partial charge in [0.25, 0.3) is 5.91 Å². The molecule has 7 heteroatoms. The van der Waals surface area contributed by atoms with E-state index in [9.17, 15) is 9.59 Å². The fourth-order valence-corrected chi connectivity index (χ4v) is 3.13. The van der Waals surface area contributed by atoms with Crippen LogP contribution in [0.5, 0.6) is 5.75 Å². The van der Waals surface area contributed by atoms with Crippen molar-refractivity contribution < 1.29 is 19.1 Å². The first-order valence-electron chi connectivity index (χ1n) is 9.04. The zero-order chi connectivity index (χ0) is 20.4. The van der Waals surface area contributed by atoms with Gasteiger partial charge >= 0.3 is 0 Å². The molecule has 2 N–H and O–H groups in total. The molecular formula is C21H25BrN2O4. The standard InChI is InChI=1S/C21H25BrN2O4/c1-27-13-14-28-19-8-7-17(15-18(19)22)21(26)24(12-10-20(23)25)11-9-16-5-3-2-4-6-16/h2-8,15H,9-14H2,1H3,(H2,23,25). The van der Waals surface area contributed by atoms with Crippen LogP contribution in [0.25, 0.3) is 0 Å². The molecule has 0 spiro atoms. The zero-order valence-corrected chi connectivity index (χ0v) is 17.5. The van der Waals surface area contributed by atoms with Gasteiger partial charge in [-0.2, -0.15) is 0 Å². The molecule has 0 aromatic heterocycles. The average molecular weight is 449 g/mol. The Balaban J connectivity index is 2.09. The molecule has 0 fully saturated rings. The van der Waals surface area contributed by atoms with Gasteiger partial charge in [-0.05, 0) is 46.1 Å². The number of methoxy groups -OCH3 is 1. The van der Waals surface area contributed by atoms with E-state index in [0.717, 1.165) is 5.56 Å². The summed E-state index contributed by atoms with van der Waals surface area (Å²) in [6.07, 6.45) is 0.824. The van der Waals surface area contributed by atoms with E-state index < -0.39 is 5.91 Å². The van der Waals surface area contributed by atoms with E-state index in [1.165, 1.54) is 0 Å². The van der Waals surface area contributed by atoms with E-state index in [0.29, 0.717) is 42.0 Å². The maximum Gasteiger partial charge on any atom is 0.253 e. The molecule has 0 heterocycles. The highest BCUT2D eigenvalue weighted by atomic mass is 79.9. The lowest BCUT2D eigenvalue weighted by Crippen LogP contribution is -2.35. The lowest BCUT2D eigenvalue weighted by molar-refractivity contribution is -0.118. The van der Waals surface area contributed by atoms with Gasteiger partial charge in [0.1, 0.15) is 12.4 Å². The van der Waals surface area contributed by atoms with Crippen LogP contribution in [0, 0.1) is 0 Å². The fraction of sp³-hybridized carbons (Fsp3) is 0.333. The van der Waals surface area contributed by atoms with Gasteiger partial charge in [0.15, 0.2) is 0 Å². The Labute approximate surface area is 173 Å². The van der Waals surface area contributed by atoms with E-state index in [1.54, 1.807) is 30.2 Å². The van der Waals surface area contributed by atoms with Crippen LogP contribution < -0.4 is 10.5 Å². The van der Waals surface area contributed by atoms with Gasteiger partial charge in [0.2, 0.25) is 5.91 Å². The second-order valence-electron chi connectivity index (χ2n) is 6.23. The molecule has 0 aliphatic carbocycles. The van der Waals surface area contributed by atoms with Gasteiger partial charge in [-0.1, -0.05) is 30.3 Å². The molecular weight excluding hydrogens is 424 g/mol. The van der Waals surface area contributed by atoms with Crippen LogP contribution in [-0.4, -0.2) is 50.1 Å². The number of carbonyl (C=O) groups excluding carboxylic acids is 2. The number of carbonyl (C=O) groups is 2. The molecule has 0 saturated heterocycles. The summed E-state index contributed by atoms with van der Waals surface area (Å²) in [5.74, 6) is 0.0588. The van der Waals surface area contributed by atoms with Crippen LogP contribution in [0.3, 0.4) is 0 Å². The molecule has 2 amide bonds. The number of nitrogens with two attached hydrogens (primary N) is 1. The van der Waals surface area contributed by atoms with E-state index in [-0.39, 0.29) is 18.9 Å². The van der Waals surface area contributed by atoms with Crippen molar-refractivity contribution in [3.05, 3.63) is 64.1 Å². The Bertz CT molecular complexity index is 783. The van der Waals surface area contributed by atoms with Crippen molar-refractivity contribution in [2.45, 2.75) is 12.8 Å². The van der Waals surface area contributed by atoms with Gasteiger partial charge in [-0.3, -0.25) is 9.59 Å². The van der Waals surface area contributed by atoms with E-state index in [2.05, 4.69) is 15.9 Å². The summed E-state index contributed by atoms with van der Waals surface area (Å²) in [4.78, 5) is 25.9. The largest absolute Gasteiger partial charge is 0.490 e. The molecule has 0 atom stereocenters. The van der Waals surface area contributed by atoms with E-state index in [4.69, 9.17) is 15.2 Å². The number of nitrogens with zero attached hydrogens (tertiary/aromatic N) is 1. The SMILES string of the molecule is COCCOc1ccc(C(=O)N(CCC(N)=O)CCc2ccccc2)cc1Br. The highest BCUT2D eigenvalue weighted by Crippen LogP contribution is 2.26. The number of halogens is 1. The molecule has 0 aliphatic heterocycles. The van der Waals surface area contributed by atoms with Crippen molar-refractivity contribution >= 4 is 27.7 Å². The van der Waals surface area contributed by atoms with Gasteiger partial charge in [0, 0.05) is 32.2 Å². The lowest BCUT2D eigenvalue weighted by Gasteiger charge is -2.23. The molecule has 0 radical (unpaired) electrons. The molecule has 0 saturated carbocycles. The average Bonchev–Trinajstić information content (AvgIpc) is 2.69. The Hall–Kier alpha value is -2.38. The van der Waals surface area contributed by atoms with Crippen LogP contribution in [-0.2, 0) is 16.0 Å². The first kappa shape index (κ1) is 21.9. The quantitative estimate of drug-likeness (QED) is 0.535. The molecule has 0 aliphatic rings. The summed E-state index contributed by atoms with van der Waals surface area (Å²) in [6, 6.07) is 15.1. The van der Waals surface area contributed by atoms with Gasteiger partial charge in [-0.25, -0.2) is 0 Å². The first-order chi connectivity index (χ1) is 13.5. The van der Waals surface area contributed by atoms with Crippen molar-refractivity contribution in [3.63, 3.8) is 0 Å². The molecule has 0 unspecified atom stereocenters. The number of amides is 2. The third-order valence-corrected chi connectivity index (χ3v) is 4.77. The molecule has 0 bridgehead atoms. The molecule has 150 valence electrons. The monoisotopic (exact) mass is 448 g/mol. The second kappa shape index (κ2) is 11.5. The topological polar surface area (TPSA) is 81.9 Å². The smallest absolute Gasteiger partial charge is 0.253 e. The molecule has 2 aromatic carbocycles. The lowest BCUT2D eigenvalue weighted by atomic mass is 10.1. The van der Waals surface area contributed by atoms with Crippen LogP contribution >= 0.6 is 15.9 Å². The van der Waals surface area contributed by atoms with Crippen LogP contribution in [0.1, 0.15) is 22.3 Å². The van der Waals surface area contributed by atoms with Crippen molar-refractivity contribution in [3.8, 4) is 5.75 Å². The van der Waals surface area contributed by atoms with E-state index >= 15 is 0 Å². The van der Waals surface area contributed by atoms with Gasteiger partial charge < -0.3 is 20.1 Å². The minimum atomic E-state index is -0.430. The summed E-state index contributed by atoms with van der Waals surface area (Å²) in [6.45, 7) is 1.68. The van der Waals surface area contributed by atoms with Gasteiger partial charge in [-0.15, -0.1) is 0 Å². The minimum absolute atomic E-state index is 0.125. The predicted molar refractivity (Wildman–Crippen MR) is 111 cm³/mol. The Kier molecular flexibility index (Phi) is 8.97. The highest BCUT2D eigenvalue weighted by molar-refractivity contribution is 9.10. The minimum Gasteiger partial charge on any atom is -0.490 e. The summed E-state index contributed by atoms with van der Waals surface area (Å²) in [7, 11) is 1.61. The number of benzene rings is 2. The Morgan fingerprint density at radius 2 is 1.82 bits per heavy atom. The van der Waals surface area contributed by atoms with Crippen molar-refractivity contribution in [1.82, 2.24) is 4.90 Å². The number of hydrogen-bond donors (Lipinski definition) is 1. The van der Waals surface area contributed by atoms with Crippen LogP contribution in [0.4, 0.5) is 0 Å². The number of primary amides is 1. The number of hydrogen-bond acceptors (Lipinski definition) is 4. The molecule has 2 rings (SSSR count). The molecule has 6 nitrogen and oxygen atoms in total. The summed E-state index contributed by atoms with van der Waals surface area (Å²) >= 11 is 3.44.